The molecule has 0 bridgehead atoms. The Balaban J connectivity index is 1.44. The Morgan fingerprint density at radius 3 is 1.93 bits per heavy atom. The van der Waals surface area contributed by atoms with Gasteiger partial charge in [0.15, 0.2) is 0 Å². The maximum Gasteiger partial charge on any atom is 0.144 e. The topological polar surface area (TPSA) is 13.1 Å². The summed E-state index contributed by atoms with van der Waals surface area (Å²) in [5.74, 6) is 0. The number of para-hydroxylation sites is 1. The summed E-state index contributed by atoms with van der Waals surface area (Å²) < 4.78 is 9.39. The molecule has 40 heavy (non-hydrogen) atoms. The van der Waals surface area contributed by atoms with Gasteiger partial charge in [-0.15, -0.1) is 11.3 Å². The molecule has 0 radical (unpaired) electrons. The predicted octanol–water partition coefficient (Wildman–Crippen LogP) is 11.6. The first-order valence-corrected chi connectivity index (χ1v) is 14.4. The van der Waals surface area contributed by atoms with Crippen molar-refractivity contribution in [1.29, 1.82) is 0 Å². The molecule has 9 rings (SSSR count). The van der Waals surface area contributed by atoms with Gasteiger partial charge in [-0.05, 0) is 56.9 Å². The van der Waals surface area contributed by atoms with Gasteiger partial charge in [0.1, 0.15) is 11.2 Å². The van der Waals surface area contributed by atoms with E-state index in [2.05, 4.69) is 133 Å². The van der Waals surface area contributed by atoms with E-state index in [-0.39, 0.29) is 0 Å². The fourth-order valence-electron chi connectivity index (χ4n) is 6.46. The van der Waals surface area contributed by atoms with Crippen molar-refractivity contribution >= 4 is 75.0 Å². The summed E-state index contributed by atoms with van der Waals surface area (Å²) in [6.45, 7) is 0. The molecule has 0 saturated heterocycles. The SMILES string of the molecule is c1ccc2cc(-c3c4ccccc4c(-c4ccc5c(c4)sc4ccccc45)c4c3oc3ccccc34)ccc2c1. The van der Waals surface area contributed by atoms with Crippen molar-refractivity contribution in [3.63, 3.8) is 0 Å². The van der Waals surface area contributed by atoms with E-state index in [1.165, 1.54) is 63.8 Å². The lowest BCUT2D eigenvalue weighted by molar-refractivity contribution is 0.670. The molecular weight excluding hydrogens is 504 g/mol. The Morgan fingerprint density at radius 2 is 1.05 bits per heavy atom. The van der Waals surface area contributed by atoms with Gasteiger partial charge in [-0.3, -0.25) is 0 Å². The second kappa shape index (κ2) is 8.29. The Labute approximate surface area is 234 Å². The van der Waals surface area contributed by atoms with Gasteiger partial charge in [-0.25, -0.2) is 0 Å². The van der Waals surface area contributed by atoms with Crippen LogP contribution >= 0.6 is 11.3 Å². The van der Waals surface area contributed by atoms with Crippen LogP contribution < -0.4 is 0 Å². The molecule has 0 aliphatic heterocycles. The molecular formula is C38H22OS. The van der Waals surface area contributed by atoms with Crippen molar-refractivity contribution in [2.24, 2.45) is 0 Å². The minimum Gasteiger partial charge on any atom is -0.455 e. The molecule has 1 nitrogen and oxygen atoms in total. The van der Waals surface area contributed by atoms with Crippen LogP contribution in [0.5, 0.6) is 0 Å². The van der Waals surface area contributed by atoms with Crippen LogP contribution in [0, 0.1) is 0 Å². The third-order valence-electron chi connectivity index (χ3n) is 8.24. The van der Waals surface area contributed by atoms with Gasteiger partial charge in [-0.2, -0.15) is 0 Å². The van der Waals surface area contributed by atoms with Crippen molar-refractivity contribution in [3.05, 3.63) is 133 Å². The van der Waals surface area contributed by atoms with Crippen LogP contribution in [0.4, 0.5) is 0 Å². The van der Waals surface area contributed by atoms with Gasteiger partial charge >= 0.3 is 0 Å². The Hall–Kier alpha value is -4.92. The fraction of sp³-hybridized carbons (Fsp3) is 0. The molecule has 0 N–H and O–H groups in total. The maximum absolute atomic E-state index is 6.76. The summed E-state index contributed by atoms with van der Waals surface area (Å²) in [5.41, 5.74) is 6.64. The fourth-order valence-corrected chi connectivity index (χ4v) is 7.60. The highest BCUT2D eigenvalue weighted by Gasteiger charge is 2.22. The third-order valence-corrected chi connectivity index (χ3v) is 9.38. The zero-order valence-electron chi connectivity index (χ0n) is 21.5. The molecule has 2 heteroatoms. The summed E-state index contributed by atoms with van der Waals surface area (Å²) in [6, 6.07) is 48.2. The third kappa shape index (κ3) is 3.08. The van der Waals surface area contributed by atoms with Crippen molar-refractivity contribution in [1.82, 2.24) is 0 Å². The Bertz CT molecular complexity index is 2440. The van der Waals surface area contributed by atoms with E-state index >= 15 is 0 Å². The molecule has 0 aliphatic rings. The standard InChI is InChI=1S/C38H22OS/c1-2-10-24-21-25(18-17-23(24)9-1)36-30-13-4-3-12-29(30)35(37-31-14-5-7-15-32(31)39-38(36)37)26-19-20-28-27-11-6-8-16-33(27)40-34(28)22-26/h1-22H. The summed E-state index contributed by atoms with van der Waals surface area (Å²) in [4.78, 5) is 0. The van der Waals surface area contributed by atoms with Gasteiger partial charge in [0, 0.05) is 42.1 Å². The monoisotopic (exact) mass is 526 g/mol. The Morgan fingerprint density at radius 1 is 0.425 bits per heavy atom. The number of thiophene rings is 1. The molecule has 0 saturated carbocycles. The number of hydrogen-bond donors (Lipinski definition) is 0. The first kappa shape index (κ1) is 22.0. The van der Waals surface area contributed by atoms with E-state index in [4.69, 9.17) is 4.42 Å². The first-order valence-electron chi connectivity index (χ1n) is 13.6. The van der Waals surface area contributed by atoms with Crippen LogP contribution in [-0.2, 0) is 0 Å². The van der Waals surface area contributed by atoms with E-state index in [1.54, 1.807) is 0 Å². The molecule has 9 aromatic rings. The van der Waals surface area contributed by atoms with Gasteiger partial charge in [-0.1, -0.05) is 109 Å². The minimum absolute atomic E-state index is 0.916. The van der Waals surface area contributed by atoms with Crippen molar-refractivity contribution in [2.45, 2.75) is 0 Å². The molecule has 186 valence electrons. The number of fused-ring (bicyclic) bond motifs is 8. The molecule has 2 aromatic heterocycles. The molecule has 0 atom stereocenters. The highest BCUT2D eigenvalue weighted by molar-refractivity contribution is 7.25. The molecule has 2 heterocycles. The first-order chi connectivity index (χ1) is 19.8. The normalized spacial score (nSPS) is 12.0. The van der Waals surface area contributed by atoms with E-state index in [0.717, 1.165) is 22.1 Å². The lowest BCUT2D eigenvalue weighted by Crippen LogP contribution is -1.89. The van der Waals surface area contributed by atoms with E-state index < -0.39 is 0 Å². The van der Waals surface area contributed by atoms with Crippen molar-refractivity contribution in [3.8, 4) is 22.3 Å². The second-order valence-corrected chi connectivity index (χ2v) is 11.6. The lowest BCUT2D eigenvalue weighted by Gasteiger charge is -2.15. The lowest BCUT2D eigenvalue weighted by atomic mass is 9.87. The van der Waals surface area contributed by atoms with Crippen molar-refractivity contribution in [2.75, 3.05) is 0 Å². The van der Waals surface area contributed by atoms with E-state index in [9.17, 15) is 0 Å². The number of furan rings is 1. The molecule has 0 amide bonds. The number of benzene rings is 7. The molecule has 0 unspecified atom stereocenters. The summed E-state index contributed by atoms with van der Waals surface area (Å²) in [7, 11) is 0. The summed E-state index contributed by atoms with van der Waals surface area (Å²) >= 11 is 1.86. The summed E-state index contributed by atoms with van der Waals surface area (Å²) in [5, 5.41) is 9.88. The maximum atomic E-state index is 6.76. The zero-order valence-corrected chi connectivity index (χ0v) is 22.3. The van der Waals surface area contributed by atoms with Gasteiger partial charge < -0.3 is 4.42 Å². The van der Waals surface area contributed by atoms with Gasteiger partial charge in [0.25, 0.3) is 0 Å². The van der Waals surface area contributed by atoms with Crippen LogP contribution in [0.1, 0.15) is 0 Å². The average Bonchev–Trinajstić information content (AvgIpc) is 3.57. The van der Waals surface area contributed by atoms with Gasteiger partial charge in [0.05, 0.1) is 0 Å². The van der Waals surface area contributed by atoms with Crippen LogP contribution in [0.2, 0.25) is 0 Å². The quantitative estimate of drug-likeness (QED) is 0.218. The van der Waals surface area contributed by atoms with Crippen molar-refractivity contribution < 1.29 is 4.42 Å². The number of hydrogen-bond acceptors (Lipinski definition) is 2. The van der Waals surface area contributed by atoms with Crippen LogP contribution in [-0.4, -0.2) is 0 Å². The second-order valence-electron chi connectivity index (χ2n) is 10.5. The largest absolute Gasteiger partial charge is 0.455 e. The average molecular weight is 527 g/mol. The van der Waals surface area contributed by atoms with Crippen LogP contribution in [0.3, 0.4) is 0 Å². The molecule has 0 aliphatic carbocycles. The van der Waals surface area contributed by atoms with E-state index in [1.807, 2.05) is 11.3 Å². The van der Waals surface area contributed by atoms with Crippen LogP contribution in [0.15, 0.2) is 138 Å². The highest BCUT2D eigenvalue weighted by atomic mass is 32.1. The zero-order chi connectivity index (χ0) is 26.2. The van der Waals surface area contributed by atoms with E-state index in [0.29, 0.717) is 0 Å². The molecule has 0 spiro atoms. The number of rotatable bonds is 2. The minimum atomic E-state index is 0.916. The smallest absolute Gasteiger partial charge is 0.144 e. The summed E-state index contributed by atoms with van der Waals surface area (Å²) in [6.07, 6.45) is 0. The highest BCUT2D eigenvalue weighted by Crippen LogP contribution is 2.48. The van der Waals surface area contributed by atoms with Crippen LogP contribution in [0.25, 0.3) is 85.9 Å². The van der Waals surface area contributed by atoms with Gasteiger partial charge in [0.2, 0.25) is 0 Å². The molecule has 7 aromatic carbocycles. The Kier molecular flexibility index (Phi) is 4.55. The predicted molar refractivity (Wildman–Crippen MR) is 172 cm³/mol. The molecule has 0 fully saturated rings.